The number of nitrogens with one attached hydrogen (secondary N) is 1. The number of methoxy groups -OCH3 is 2. The SMILES string of the molecule is COc1ccc(C2=NC(=O)C(N)C(=O)N2)c(OC)c1. The summed E-state index contributed by atoms with van der Waals surface area (Å²) in [7, 11) is 2.99. The molecule has 2 amide bonds. The van der Waals surface area contributed by atoms with Crippen molar-refractivity contribution in [2.45, 2.75) is 6.04 Å². The van der Waals surface area contributed by atoms with Crippen LogP contribution < -0.4 is 20.5 Å². The molecule has 1 atom stereocenters. The summed E-state index contributed by atoms with van der Waals surface area (Å²) in [5.41, 5.74) is 5.84. The third-order valence-corrected chi connectivity index (χ3v) is 2.68. The molecule has 0 saturated heterocycles. The fourth-order valence-corrected chi connectivity index (χ4v) is 1.64. The zero-order valence-corrected chi connectivity index (χ0v) is 10.5. The van der Waals surface area contributed by atoms with Crippen LogP contribution in [0.15, 0.2) is 23.2 Å². The first-order valence-electron chi connectivity index (χ1n) is 5.48. The lowest BCUT2D eigenvalue weighted by atomic mass is 10.1. The summed E-state index contributed by atoms with van der Waals surface area (Å²) in [6, 6.07) is 3.68. The van der Waals surface area contributed by atoms with Gasteiger partial charge in [0.2, 0.25) is 0 Å². The lowest BCUT2D eigenvalue weighted by Crippen LogP contribution is -2.52. The molecule has 3 N–H and O–H groups in total. The summed E-state index contributed by atoms with van der Waals surface area (Å²) in [6.07, 6.45) is 0. The molecule has 1 aromatic carbocycles. The van der Waals surface area contributed by atoms with Crippen molar-refractivity contribution in [3.8, 4) is 11.5 Å². The Hall–Kier alpha value is -2.41. The second kappa shape index (κ2) is 5.07. The fourth-order valence-electron chi connectivity index (χ4n) is 1.64. The Balaban J connectivity index is 2.45. The number of carbonyl (C=O) groups excluding carboxylic acids is 2. The predicted molar refractivity (Wildman–Crippen MR) is 67.2 cm³/mol. The Kier molecular flexibility index (Phi) is 3.48. The van der Waals surface area contributed by atoms with Crippen LogP contribution in [-0.4, -0.2) is 37.9 Å². The monoisotopic (exact) mass is 263 g/mol. The van der Waals surface area contributed by atoms with Crippen molar-refractivity contribution in [3.05, 3.63) is 23.8 Å². The summed E-state index contributed by atoms with van der Waals surface area (Å²) < 4.78 is 10.2. The number of nitrogens with two attached hydrogens (primary N) is 1. The minimum Gasteiger partial charge on any atom is -0.497 e. The number of nitrogens with zero attached hydrogens (tertiary/aromatic N) is 1. The maximum Gasteiger partial charge on any atom is 0.274 e. The number of aliphatic imine (C=N–C) groups is 1. The highest BCUT2D eigenvalue weighted by molar-refractivity contribution is 6.23. The molecule has 0 fully saturated rings. The van der Waals surface area contributed by atoms with Crippen LogP contribution in [0, 0.1) is 0 Å². The molecule has 0 saturated carbocycles. The molecule has 1 heterocycles. The molecule has 0 bridgehead atoms. The van der Waals surface area contributed by atoms with Gasteiger partial charge in [0.25, 0.3) is 11.8 Å². The Labute approximate surface area is 109 Å². The van der Waals surface area contributed by atoms with Gasteiger partial charge >= 0.3 is 0 Å². The first kappa shape index (κ1) is 13.0. The van der Waals surface area contributed by atoms with Gasteiger partial charge in [-0.05, 0) is 12.1 Å². The van der Waals surface area contributed by atoms with E-state index in [1.165, 1.54) is 14.2 Å². The van der Waals surface area contributed by atoms with Crippen molar-refractivity contribution in [1.82, 2.24) is 5.32 Å². The highest BCUT2D eigenvalue weighted by Crippen LogP contribution is 2.25. The maximum atomic E-state index is 11.5. The maximum absolute atomic E-state index is 11.5. The Bertz CT molecular complexity index is 568. The predicted octanol–water partition coefficient (Wildman–Crippen LogP) is -0.566. The molecule has 100 valence electrons. The minimum absolute atomic E-state index is 0.121. The molecule has 7 nitrogen and oxygen atoms in total. The number of rotatable bonds is 3. The molecule has 1 aliphatic heterocycles. The van der Waals surface area contributed by atoms with Gasteiger partial charge in [0.15, 0.2) is 6.04 Å². The second-order valence-electron chi connectivity index (χ2n) is 3.83. The lowest BCUT2D eigenvalue weighted by Gasteiger charge is -2.18. The molecule has 0 radical (unpaired) electrons. The van der Waals surface area contributed by atoms with E-state index in [1.54, 1.807) is 18.2 Å². The van der Waals surface area contributed by atoms with Crippen LogP contribution in [0.2, 0.25) is 0 Å². The van der Waals surface area contributed by atoms with Crippen LogP contribution in [0.5, 0.6) is 11.5 Å². The molecule has 1 unspecified atom stereocenters. The van der Waals surface area contributed by atoms with Gasteiger partial charge in [-0.25, -0.2) is 0 Å². The van der Waals surface area contributed by atoms with Gasteiger partial charge in [-0.1, -0.05) is 0 Å². The second-order valence-corrected chi connectivity index (χ2v) is 3.83. The molecule has 0 aliphatic carbocycles. The van der Waals surface area contributed by atoms with Crippen molar-refractivity contribution < 1.29 is 19.1 Å². The highest BCUT2D eigenvalue weighted by Gasteiger charge is 2.29. The topological polar surface area (TPSA) is 103 Å². The lowest BCUT2D eigenvalue weighted by molar-refractivity contribution is -0.129. The third-order valence-electron chi connectivity index (χ3n) is 2.68. The first-order chi connectivity index (χ1) is 9.06. The van der Waals surface area contributed by atoms with Crippen LogP contribution in [0.4, 0.5) is 0 Å². The Morgan fingerprint density at radius 3 is 2.58 bits per heavy atom. The van der Waals surface area contributed by atoms with Crippen LogP contribution in [0.25, 0.3) is 0 Å². The molecule has 7 heteroatoms. The van der Waals surface area contributed by atoms with E-state index >= 15 is 0 Å². The number of ether oxygens (including phenoxy) is 2. The van der Waals surface area contributed by atoms with Crippen molar-refractivity contribution in [1.29, 1.82) is 0 Å². The van der Waals surface area contributed by atoms with E-state index in [0.717, 1.165) is 0 Å². The summed E-state index contributed by atoms with van der Waals surface area (Å²) >= 11 is 0. The van der Waals surface area contributed by atoms with E-state index in [0.29, 0.717) is 17.1 Å². The summed E-state index contributed by atoms with van der Waals surface area (Å²) in [5, 5.41) is 2.47. The van der Waals surface area contributed by atoms with Crippen LogP contribution in [-0.2, 0) is 9.59 Å². The molecular weight excluding hydrogens is 250 g/mol. The van der Waals surface area contributed by atoms with Gasteiger partial charge in [-0.2, -0.15) is 4.99 Å². The van der Waals surface area contributed by atoms with E-state index < -0.39 is 17.9 Å². The molecule has 0 spiro atoms. The largest absolute Gasteiger partial charge is 0.497 e. The van der Waals surface area contributed by atoms with E-state index in [1.807, 2.05) is 0 Å². The van der Waals surface area contributed by atoms with E-state index in [2.05, 4.69) is 10.3 Å². The van der Waals surface area contributed by atoms with Crippen molar-refractivity contribution >= 4 is 17.6 Å². The summed E-state index contributed by atoms with van der Waals surface area (Å²) in [4.78, 5) is 26.7. The number of hydrogen-bond donors (Lipinski definition) is 2. The zero-order chi connectivity index (χ0) is 14.0. The van der Waals surface area contributed by atoms with Crippen LogP contribution >= 0.6 is 0 Å². The van der Waals surface area contributed by atoms with Gasteiger partial charge in [-0.3, -0.25) is 9.59 Å². The number of benzene rings is 1. The van der Waals surface area contributed by atoms with Gasteiger partial charge < -0.3 is 20.5 Å². The smallest absolute Gasteiger partial charge is 0.274 e. The number of hydrogen-bond acceptors (Lipinski definition) is 5. The first-order valence-corrected chi connectivity index (χ1v) is 5.48. The number of amidine groups is 1. The molecule has 2 rings (SSSR count). The molecule has 1 aliphatic rings. The molecule has 1 aromatic rings. The summed E-state index contributed by atoms with van der Waals surface area (Å²) in [5.74, 6) is -0.131. The third kappa shape index (κ3) is 2.41. The van der Waals surface area contributed by atoms with E-state index in [9.17, 15) is 9.59 Å². The quantitative estimate of drug-likeness (QED) is 0.711. The molecule has 19 heavy (non-hydrogen) atoms. The zero-order valence-electron chi connectivity index (χ0n) is 10.5. The number of amides is 2. The molecular formula is C12H13N3O4. The van der Waals surface area contributed by atoms with Crippen molar-refractivity contribution in [2.75, 3.05) is 14.2 Å². The van der Waals surface area contributed by atoms with Crippen LogP contribution in [0.1, 0.15) is 5.56 Å². The summed E-state index contributed by atoms with van der Waals surface area (Å²) in [6.45, 7) is 0. The average molecular weight is 263 g/mol. The minimum atomic E-state index is -1.26. The van der Waals surface area contributed by atoms with Crippen molar-refractivity contribution in [2.24, 2.45) is 10.7 Å². The van der Waals surface area contributed by atoms with E-state index in [4.69, 9.17) is 15.2 Å². The van der Waals surface area contributed by atoms with Crippen LogP contribution in [0.3, 0.4) is 0 Å². The van der Waals surface area contributed by atoms with Gasteiger partial charge in [0.05, 0.1) is 19.8 Å². The highest BCUT2D eigenvalue weighted by atomic mass is 16.5. The van der Waals surface area contributed by atoms with Gasteiger partial charge in [-0.15, -0.1) is 0 Å². The molecule has 0 aromatic heterocycles. The fraction of sp³-hybridized carbons (Fsp3) is 0.250. The number of carbonyl (C=O) groups is 2. The Morgan fingerprint density at radius 2 is 2.00 bits per heavy atom. The van der Waals surface area contributed by atoms with Gasteiger partial charge in [0, 0.05) is 6.07 Å². The van der Waals surface area contributed by atoms with Crippen molar-refractivity contribution in [3.63, 3.8) is 0 Å². The Morgan fingerprint density at radius 1 is 1.26 bits per heavy atom. The normalized spacial score (nSPS) is 18.7. The van der Waals surface area contributed by atoms with Gasteiger partial charge in [0.1, 0.15) is 17.3 Å². The van der Waals surface area contributed by atoms with E-state index in [-0.39, 0.29) is 5.84 Å². The average Bonchev–Trinajstić information content (AvgIpc) is 2.43. The standard InChI is InChI=1S/C12H13N3O4/c1-18-6-3-4-7(8(5-6)19-2)10-14-11(16)9(13)12(17)15-10/h3-5,9H,13H2,1-2H3,(H,14,15,16,17).